The van der Waals surface area contributed by atoms with E-state index in [1.54, 1.807) is 12.3 Å². The van der Waals surface area contributed by atoms with Gasteiger partial charge in [-0.15, -0.1) is 11.3 Å². The van der Waals surface area contributed by atoms with E-state index in [2.05, 4.69) is 0 Å². The summed E-state index contributed by atoms with van der Waals surface area (Å²) in [5, 5.41) is 19.0. The maximum atomic E-state index is 10.7. The van der Waals surface area contributed by atoms with Crippen LogP contribution in [0.3, 0.4) is 0 Å². The van der Waals surface area contributed by atoms with Gasteiger partial charge in [0.25, 0.3) is 0 Å². The van der Waals surface area contributed by atoms with Gasteiger partial charge in [-0.1, -0.05) is 0 Å². The highest BCUT2D eigenvalue weighted by Gasteiger charge is 2.17. The van der Waals surface area contributed by atoms with Crippen molar-refractivity contribution < 1.29 is 9.90 Å². The molecule has 0 radical (unpaired) electrons. The molecule has 74 valence electrons. The number of nitrogens with zero attached hydrogens (tertiary/aromatic N) is 1. The van der Waals surface area contributed by atoms with Crippen LogP contribution in [-0.2, 0) is 0 Å². The Morgan fingerprint density at radius 2 is 2.50 bits per heavy atom. The molecule has 4 nitrogen and oxygen atoms in total. The summed E-state index contributed by atoms with van der Waals surface area (Å²) < 4.78 is 0. The first-order chi connectivity index (χ1) is 6.57. The van der Waals surface area contributed by atoms with Gasteiger partial charge in [0.2, 0.25) is 0 Å². The van der Waals surface area contributed by atoms with Gasteiger partial charge >= 0.3 is 5.97 Å². The molecule has 0 aliphatic rings. The van der Waals surface area contributed by atoms with Crippen molar-refractivity contribution in [2.45, 2.75) is 19.4 Å². The highest BCUT2D eigenvalue weighted by atomic mass is 32.1. The number of carbonyl (C=O) groups is 1. The number of nitrogens with two attached hydrogens (primary N) is 1. The van der Waals surface area contributed by atoms with Crippen LogP contribution in [0.2, 0.25) is 0 Å². The highest BCUT2D eigenvalue weighted by molar-refractivity contribution is 7.12. The third kappa shape index (κ3) is 1.92. The van der Waals surface area contributed by atoms with Gasteiger partial charge in [0, 0.05) is 6.04 Å². The molecule has 0 aliphatic carbocycles. The second-order valence-corrected chi connectivity index (χ2v) is 3.80. The zero-order chi connectivity index (χ0) is 10.7. The van der Waals surface area contributed by atoms with Gasteiger partial charge in [0.05, 0.1) is 12.5 Å². The first kappa shape index (κ1) is 10.7. The van der Waals surface area contributed by atoms with E-state index < -0.39 is 5.97 Å². The molecule has 0 bridgehead atoms. The Morgan fingerprint density at radius 1 is 1.86 bits per heavy atom. The molecular weight excluding hydrogens is 200 g/mol. The second kappa shape index (κ2) is 4.22. The monoisotopic (exact) mass is 210 g/mol. The van der Waals surface area contributed by atoms with Crippen LogP contribution in [-0.4, -0.2) is 11.1 Å². The van der Waals surface area contributed by atoms with Crippen molar-refractivity contribution in [3.63, 3.8) is 0 Å². The quantitative estimate of drug-likeness (QED) is 0.794. The van der Waals surface area contributed by atoms with Gasteiger partial charge in [-0.05, 0) is 23.4 Å². The van der Waals surface area contributed by atoms with Crippen LogP contribution in [0.1, 0.15) is 33.3 Å². The topological polar surface area (TPSA) is 87.1 Å². The fourth-order valence-electron chi connectivity index (χ4n) is 1.21. The van der Waals surface area contributed by atoms with E-state index in [1.807, 2.05) is 6.07 Å². The molecule has 0 aromatic carbocycles. The number of carboxylic acid groups (broad SMARTS) is 1. The van der Waals surface area contributed by atoms with E-state index >= 15 is 0 Å². The molecule has 5 heteroatoms. The largest absolute Gasteiger partial charge is 0.477 e. The number of hydrogen-bond donors (Lipinski definition) is 2. The third-order valence-corrected chi connectivity index (χ3v) is 3.07. The first-order valence-corrected chi connectivity index (χ1v) is 4.89. The first-order valence-electron chi connectivity index (χ1n) is 4.01. The minimum absolute atomic E-state index is 0.205. The predicted molar refractivity (Wildman–Crippen MR) is 53.2 cm³/mol. The normalized spacial score (nSPS) is 12.1. The minimum atomic E-state index is -0.942. The Morgan fingerprint density at radius 3 is 2.93 bits per heavy atom. The van der Waals surface area contributed by atoms with Crippen molar-refractivity contribution in [3.8, 4) is 6.07 Å². The third-order valence-electron chi connectivity index (χ3n) is 1.98. The lowest BCUT2D eigenvalue weighted by atomic mass is 10.0. The molecule has 1 aromatic rings. The summed E-state index contributed by atoms with van der Waals surface area (Å²) in [6.45, 7) is 1.71. The summed E-state index contributed by atoms with van der Waals surface area (Å²) in [5.41, 5.74) is 7.14. The average Bonchev–Trinajstić information content (AvgIpc) is 2.47. The van der Waals surface area contributed by atoms with Crippen molar-refractivity contribution >= 4 is 17.3 Å². The Bertz CT molecular complexity index is 392. The summed E-state index contributed by atoms with van der Waals surface area (Å²) in [5.74, 6) is -0.942. The molecule has 0 saturated heterocycles. The van der Waals surface area contributed by atoms with Crippen LogP contribution < -0.4 is 5.73 Å². The zero-order valence-corrected chi connectivity index (χ0v) is 8.47. The molecule has 1 atom stereocenters. The molecule has 3 N–H and O–H groups in total. The van der Waals surface area contributed by atoms with Gasteiger partial charge in [-0.2, -0.15) is 5.26 Å². The lowest BCUT2D eigenvalue weighted by Gasteiger charge is -2.06. The number of hydrogen-bond acceptors (Lipinski definition) is 4. The summed E-state index contributed by atoms with van der Waals surface area (Å²) >= 11 is 1.15. The molecule has 0 amide bonds. The van der Waals surface area contributed by atoms with Gasteiger partial charge in [0.1, 0.15) is 4.88 Å². The molecule has 0 fully saturated rings. The molecule has 0 saturated carbocycles. The molecule has 14 heavy (non-hydrogen) atoms. The van der Waals surface area contributed by atoms with Crippen molar-refractivity contribution in [2.75, 3.05) is 0 Å². The van der Waals surface area contributed by atoms with Crippen molar-refractivity contribution in [1.29, 1.82) is 5.26 Å². The molecule has 0 spiro atoms. The number of carboxylic acids is 1. The van der Waals surface area contributed by atoms with Crippen LogP contribution in [0, 0.1) is 18.3 Å². The van der Waals surface area contributed by atoms with E-state index in [-0.39, 0.29) is 12.5 Å². The Labute approximate surface area is 85.6 Å². The van der Waals surface area contributed by atoms with E-state index in [1.165, 1.54) is 0 Å². The van der Waals surface area contributed by atoms with Gasteiger partial charge in [-0.3, -0.25) is 0 Å². The SMILES string of the molecule is Cc1c([C@H](N)CC#N)csc1C(=O)O. The molecular formula is C9H10N2O2S. The molecule has 0 aliphatic heterocycles. The lowest BCUT2D eigenvalue weighted by Crippen LogP contribution is -2.10. The van der Waals surface area contributed by atoms with Crippen LogP contribution >= 0.6 is 11.3 Å². The number of nitriles is 1. The molecule has 1 aromatic heterocycles. The van der Waals surface area contributed by atoms with Gasteiger partial charge < -0.3 is 10.8 Å². The molecule has 1 rings (SSSR count). The number of thiophene rings is 1. The van der Waals surface area contributed by atoms with Gasteiger partial charge in [-0.25, -0.2) is 4.79 Å². The summed E-state index contributed by atoms with van der Waals surface area (Å²) in [7, 11) is 0. The van der Waals surface area contributed by atoms with E-state index in [9.17, 15) is 4.79 Å². The zero-order valence-electron chi connectivity index (χ0n) is 7.65. The average molecular weight is 210 g/mol. The Balaban J connectivity index is 3.01. The van der Waals surface area contributed by atoms with E-state index in [0.717, 1.165) is 16.9 Å². The van der Waals surface area contributed by atoms with Crippen molar-refractivity contribution in [1.82, 2.24) is 0 Å². The fourth-order valence-corrected chi connectivity index (χ4v) is 2.21. The fraction of sp³-hybridized carbons (Fsp3) is 0.333. The van der Waals surface area contributed by atoms with Crippen LogP contribution in [0.15, 0.2) is 5.38 Å². The predicted octanol–water partition coefficient (Wildman–Crippen LogP) is 1.67. The molecule has 0 unspecified atom stereocenters. The second-order valence-electron chi connectivity index (χ2n) is 2.92. The maximum absolute atomic E-state index is 10.7. The highest BCUT2D eigenvalue weighted by Crippen LogP contribution is 2.27. The lowest BCUT2D eigenvalue weighted by molar-refractivity contribution is 0.0701. The summed E-state index contributed by atoms with van der Waals surface area (Å²) in [4.78, 5) is 11.0. The van der Waals surface area contributed by atoms with Crippen LogP contribution in [0.5, 0.6) is 0 Å². The maximum Gasteiger partial charge on any atom is 0.346 e. The van der Waals surface area contributed by atoms with Crippen LogP contribution in [0.4, 0.5) is 0 Å². The number of rotatable bonds is 3. The Kier molecular flexibility index (Phi) is 3.23. The summed E-state index contributed by atoms with van der Waals surface area (Å²) in [6, 6.07) is 1.58. The Hall–Kier alpha value is -1.38. The molecule has 1 heterocycles. The minimum Gasteiger partial charge on any atom is -0.477 e. The van der Waals surface area contributed by atoms with E-state index in [0.29, 0.717) is 10.4 Å². The number of aromatic carboxylic acids is 1. The van der Waals surface area contributed by atoms with Crippen molar-refractivity contribution in [3.05, 3.63) is 21.4 Å². The van der Waals surface area contributed by atoms with Crippen molar-refractivity contribution in [2.24, 2.45) is 5.73 Å². The van der Waals surface area contributed by atoms with Gasteiger partial charge in [0.15, 0.2) is 0 Å². The standard InChI is InChI=1S/C9H10N2O2S/c1-5-6(7(11)2-3-10)4-14-8(5)9(12)13/h4,7H,2,11H2,1H3,(H,12,13)/t7-/m1/s1. The van der Waals surface area contributed by atoms with E-state index in [4.69, 9.17) is 16.1 Å². The summed E-state index contributed by atoms with van der Waals surface area (Å²) in [6.07, 6.45) is 0.205. The van der Waals surface area contributed by atoms with Crippen LogP contribution in [0.25, 0.3) is 0 Å². The smallest absolute Gasteiger partial charge is 0.346 e.